The maximum atomic E-state index is 14.6. The monoisotopic (exact) mass is 457 g/mol. The van der Waals surface area contributed by atoms with E-state index < -0.39 is 41.9 Å². The van der Waals surface area contributed by atoms with Gasteiger partial charge in [0.25, 0.3) is 5.91 Å². The van der Waals surface area contributed by atoms with Crippen LogP contribution in [0.1, 0.15) is 29.4 Å². The molecule has 0 aliphatic carbocycles. The maximum absolute atomic E-state index is 14.6. The molecule has 1 aliphatic heterocycles. The van der Waals surface area contributed by atoms with E-state index in [2.05, 4.69) is 20.6 Å². The highest BCUT2D eigenvalue weighted by Crippen LogP contribution is 2.47. The first-order valence-electron chi connectivity index (χ1n) is 9.69. The molecule has 32 heavy (non-hydrogen) atoms. The van der Waals surface area contributed by atoms with E-state index in [9.17, 15) is 22.4 Å². The lowest BCUT2D eigenvalue weighted by Crippen LogP contribution is -2.47. The Labute approximate surface area is 181 Å². The van der Waals surface area contributed by atoms with Gasteiger partial charge in [-0.3, -0.25) is 10.1 Å². The number of nitrogens with two attached hydrogens (primary N) is 1. The van der Waals surface area contributed by atoms with Crippen molar-refractivity contribution in [2.24, 2.45) is 11.7 Å². The van der Waals surface area contributed by atoms with Gasteiger partial charge >= 0.3 is 6.18 Å². The standard InChI is InChI=1S/C20H23F4N5O3/c1-19(15(20(22,23)24)8-16(25)29-19)12-7-11(3-4-13(12)21)28-18(30)14-9-27-17(10-26-14)32-6-5-31-2/h3-4,7,9-10,15-16,29H,5-6,8,25H2,1-2H3,(H,28,30)/t15-,16?,19-/m1/s1. The Hall–Kier alpha value is -2.83. The average Bonchev–Trinajstić information content (AvgIpc) is 3.05. The van der Waals surface area contributed by atoms with E-state index in [1.807, 2.05) is 0 Å². The topological polar surface area (TPSA) is 111 Å². The van der Waals surface area contributed by atoms with Crippen molar-refractivity contribution in [3.63, 3.8) is 0 Å². The molecule has 1 aliphatic rings. The fourth-order valence-corrected chi connectivity index (χ4v) is 3.69. The minimum Gasteiger partial charge on any atom is -0.474 e. The number of carbonyl (C=O) groups is 1. The van der Waals surface area contributed by atoms with Crippen molar-refractivity contribution < 1.29 is 31.8 Å². The molecule has 8 nitrogen and oxygen atoms in total. The predicted octanol–water partition coefficient (Wildman–Crippen LogP) is 2.57. The summed E-state index contributed by atoms with van der Waals surface area (Å²) < 4.78 is 65.5. The third kappa shape index (κ3) is 5.14. The number of hydrogen-bond acceptors (Lipinski definition) is 7. The summed E-state index contributed by atoms with van der Waals surface area (Å²) >= 11 is 0. The van der Waals surface area contributed by atoms with Crippen LogP contribution in [0.4, 0.5) is 23.2 Å². The Morgan fingerprint density at radius 3 is 2.69 bits per heavy atom. The molecule has 4 N–H and O–H groups in total. The number of nitrogens with one attached hydrogen (secondary N) is 2. The molecule has 1 amide bonds. The highest BCUT2D eigenvalue weighted by molar-refractivity contribution is 6.02. The van der Waals surface area contributed by atoms with Crippen LogP contribution in [0.25, 0.3) is 0 Å². The lowest BCUT2D eigenvalue weighted by Gasteiger charge is -2.34. The zero-order valence-corrected chi connectivity index (χ0v) is 17.4. The minimum atomic E-state index is -4.59. The van der Waals surface area contributed by atoms with Gasteiger partial charge in [0, 0.05) is 18.4 Å². The summed E-state index contributed by atoms with van der Waals surface area (Å²) in [5.74, 6) is -3.23. The van der Waals surface area contributed by atoms with Crippen molar-refractivity contribution in [3.05, 3.63) is 47.7 Å². The van der Waals surface area contributed by atoms with Crippen LogP contribution in [0.3, 0.4) is 0 Å². The van der Waals surface area contributed by atoms with Crippen molar-refractivity contribution in [2.75, 3.05) is 25.6 Å². The van der Waals surface area contributed by atoms with Gasteiger partial charge in [-0.2, -0.15) is 13.2 Å². The number of anilines is 1. The van der Waals surface area contributed by atoms with Gasteiger partial charge in [-0.15, -0.1) is 0 Å². The van der Waals surface area contributed by atoms with Crippen LogP contribution in [0.15, 0.2) is 30.6 Å². The minimum absolute atomic E-state index is 0.0599. The number of halogens is 4. The number of methoxy groups -OCH3 is 1. The molecule has 2 aromatic rings. The first-order chi connectivity index (χ1) is 15.0. The quantitative estimate of drug-likeness (QED) is 0.433. The second-order valence-electron chi connectivity index (χ2n) is 7.51. The van der Waals surface area contributed by atoms with E-state index in [0.717, 1.165) is 12.1 Å². The van der Waals surface area contributed by atoms with E-state index in [1.54, 1.807) is 0 Å². The van der Waals surface area contributed by atoms with Crippen molar-refractivity contribution in [3.8, 4) is 5.88 Å². The number of ether oxygens (including phenoxy) is 2. The van der Waals surface area contributed by atoms with Gasteiger partial charge in [0.2, 0.25) is 5.88 Å². The molecule has 1 saturated heterocycles. The van der Waals surface area contributed by atoms with E-state index in [4.69, 9.17) is 15.2 Å². The Morgan fingerprint density at radius 2 is 2.06 bits per heavy atom. The number of nitrogens with zero attached hydrogens (tertiary/aromatic N) is 2. The molecular weight excluding hydrogens is 434 g/mol. The fourth-order valence-electron chi connectivity index (χ4n) is 3.69. The summed E-state index contributed by atoms with van der Waals surface area (Å²) in [4.78, 5) is 20.4. The molecule has 0 bridgehead atoms. The van der Waals surface area contributed by atoms with E-state index >= 15 is 0 Å². The van der Waals surface area contributed by atoms with E-state index in [1.165, 1.54) is 32.5 Å². The normalized spacial score (nSPS) is 23.2. The molecule has 3 rings (SSSR count). The number of rotatable bonds is 7. The molecule has 12 heteroatoms. The zero-order valence-electron chi connectivity index (χ0n) is 17.4. The highest BCUT2D eigenvalue weighted by atomic mass is 19.4. The molecule has 1 unspecified atom stereocenters. The van der Waals surface area contributed by atoms with Crippen LogP contribution in [0.5, 0.6) is 5.88 Å². The third-order valence-electron chi connectivity index (χ3n) is 5.25. The second-order valence-corrected chi connectivity index (χ2v) is 7.51. The third-order valence-corrected chi connectivity index (χ3v) is 5.25. The van der Waals surface area contributed by atoms with Gasteiger partial charge < -0.3 is 20.5 Å². The molecular formula is C20H23F4N5O3. The smallest absolute Gasteiger partial charge is 0.394 e. The predicted molar refractivity (Wildman–Crippen MR) is 106 cm³/mol. The summed E-state index contributed by atoms with van der Waals surface area (Å²) in [5, 5.41) is 5.14. The molecule has 1 aromatic carbocycles. The number of carbonyl (C=O) groups excluding carboxylic acids is 1. The van der Waals surface area contributed by atoms with Crippen molar-refractivity contribution in [1.82, 2.24) is 15.3 Å². The first-order valence-corrected chi connectivity index (χ1v) is 9.69. The number of amides is 1. The lowest BCUT2D eigenvalue weighted by atomic mass is 9.80. The Morgan fingerprint density at radius 1 is 1.31 bits per heavy atom. The van der Waals surface area contributed by atoms with Gasteiger partial charge in [0.15, 0.2) is 0 Å². The Bertz CT molecular complexity index is 957. The largest absolute Gasteiger partial charge is 0.474 e. The molecule has 1 aromatic heterocycles. The Balaban J connectivity index is 1.79. The van der Waals surface area contributed by atoms with Gasteiger partial charge in [0.1, 0.15) is 18.1 Å². The number of alkyl halides is 3. The summed E-state index contributed by atoms with van der Waals surface area (Å²) in [6.45, 7) is 1.85. The molecule has 1 fully saturated rings. The molecule has 2 heterocycles. The van der Waals surface area contributed by atoms with E-state index in [-0.39, 0.29) is 29.4 Å². The van der Waals surface area contributed by atoms with Gasteiger partial charge in [-0.05, 0) is 31.5 Å². The molecule has 3 atom stereocenters. The SMILES string of the molecule is COCCOc1cnc(C(=O)Nc2ccc(F)c([C@@]3(C)NC(N)C[C@H]3C(F)(F)F)c2)cn1. The highest BCUT2D eigenvalue weighted by Gasteiger charge is 2.57. The number of hydrogen-bond donors (Lipinski definition) is 3. The summed E-state index contributed by atoms with van der Waals surface area (Å²) in [7, 11) is 1.52. The van der Waals surface area contributed by atoms with Gasteiger partial charge in [-0.1, -0.05) is 0 Å². The van der Waals surface area contributed by atoms with E-state index in [0.29, 0.717) is 6.61 Å². The maximum Gasteiger partial charge on any atom is 0.394 e. The van der Waals surface area contributed by atoms with Gasteiger partial charge in [-0.25, -0.2) is 14.4 Å². The molecule has 0 radical (unpaired) electrons. The van der Waals surface area contributed by atoms with Crippen molar-refractivity contribution in [2.45, 2.75) is 31.2 Å². The van der Waals surface area contributed by atoms with Crippen LogP contribution >= 0.6 is 0 Å². The summed E-state index contributed by atoms with van der Waals surface area (Å²) in [5.41, 5.74) is 3.68. The molecule has 174 valence electrons. The van der Waals surface area contributed by atoms with Crippen LogP contribution in [0.2, 0.25) is 0 Å². The van der Waals surface area contributed by atoms with Crippen LogP contribution in [-0.2, 0) is 10.3 Å². The van der Waals surface area contributed by atoms with Crippen molar-refractivity contribution in [1.29, 1.82) is 0 Å². The van der Waals surface area contributed by atoms with Crippen molar-refractivity contribution >= 4 is 11.6 Å². The van der Waals surface area contributed by atoms with Crippen LogP contribution in [-0.4, -0.2) is 48.5 Å². The fraction of sp³-hybridized carbons (Fsp3) is 0.450. The van der Waals surface area contributed by atoms with Crippen LogP contribution in [0, 0.1) is 11.7 Å². The molecule has 0 saturated carbocycles. The summed E-state index contributed by atoms with van der Waals surface area (Å²) in [6, 6.07) is 3.40. The number of aromatic nitrogens is 2. The average molecular weight is 457 g/mol. The second kappa shape index (κ2) is 9.35. The summed E-state index contributed by atoms with van der Waals surface area (Å²) in [6.07, 6.45) is -3.52. The molecule has 0 spiro atoms. The van der Waals surface area contributed by atoms with Crippen LogP contribution < -0.4 is 21.1 Å². The Kier molecular flexibility index (Phi) is 6.96. The lowest BCUT2D eigenvalue weighted by molar-refractivity contribution is -0.188. The number of benzene rings is 1. The first kappa shape index (κ1) is 23.8. The zero-order chi connectivity index (χ0) is 23.5. The van der Waals surface area contributed by atoms with Gasteiger partial charge in [0.05, 0.1) is 36.6 Å².